The number of likely N-dealkylation sites (N-methyl/N-ethyl adjacent to an activating group) is 1. The molecule has 38 heavy (non-hydrogen) atoms. The molecule has 4 heteroatoms. The molecule has 7 rings (SSSR count). The van der Waals surface area contributed by atoms with Crippen LogP contribution in [0.1, 0.15) is 75.7 Å². The molecule has 2 heterocycles. The van der Waals surface area contributed by atoms with E-state index in [2.05, 4.69) is 75.0 Å². The van der Waals surface area contributed by atoms with Crippen molar-refractivity contribution in [3.05, 3.63) is 46.4 Å². The van der Waals surface area contributed by atoms with Gasteiger partial charge < -0.3 is 9.80 Å². The summed E-state index contributed by atoms with van der Waals surface area (Å²) in [6, 6.07) is 9.69. The Labute approximate surface area is 233 Å². The highest BCUT2D eigenvalue weighted by Gasteiger charge is 2.64. The van der Waals surface area contributed by atoms with Crippen LogP contribution < -0.4 is 0 Å². The molecule has 0 N–H and O–H groups in total. The van der Waals surface area contributed by atoms with Gasteiger partial charge in [0.25, 0.3) is 0 Å². The highest BCUT2D eigenvalue weighted by Crippen LogP contribution is 2.68. The Morgan fingerprint density at radius 3 is 2.71 bits per heavy atom. The Morgan fingerprint density at radius 1 is 1.11 bits per heavy atom. The first-order valence-electron chi connectivity index (χ1n) is 15.4. The quantitative estimate of drug-likeness (QED) is 0.384. The second-order valence-electron chi connectivity index (χ2n) is 14.1. The van der Waals surface area contributed by atoms with Gasteiger partial charge in [-0.3, -0.25) is 4.79 Å². The summed E-state index contributed by atoms with van der Waals surface area (Å²) in [5.74, 6) is 3.88. The Kier molecular flexibility index (Phi) is 5.95. The topological polar surface area (TPSA) is 23.6 Å². The van der Waals surface area contributed by atoms with Gasteiger partial charge in [0, 0.05) is 35.3 Å². The third-order valence-corrected chi connectivity index (χ3v) is 14.2. The van der Waals surface area contributed by atoms with Crippen LogP contribution >= 0.6 is 11.3 Å². The van der Waals surface area contributed by atoms with E-state index < -0.39 is 0 Å². The number of rotatable bonds is 3. The van der Waals surface area contributed by atoms with E-state index >= 15 is 0 Å². The van der Waals surface area contributed by atoms with Crippen LogP contribution in [0.15, 0.2) is 35.9 Å². The molecule has 1 spiro atoms. The Hall–Kier alpha value is -1.65. The number of hydrogen-bond donors (Lipinski definition) is 0. The molecule has 4 aliphatic carbocycles. The number of allylic oxidation sites excluding steroid dienone is 1. The maximum Gasteiger partial charge on any atom is 0.227 e. The van der Waals surface area contributed by atoms with Crippen LogP contribution in [0.2, 0.25) is 0 Å². The van der Waals surface area contributed by atoms with Crippen molar-refractivity contribution in [2.45, 2.75) is 90.6 Å². The second kappa shape index (κ2) is 8.93. The third-order valence-electron chi connectivity index (χ3n) is 12.9. The fourth-order valence-electron chi connectivity index (χ4n) is 10.6. The summed E-state index contributed by atoms with van der Waals surface area (Å²) < 4.78 is 1.30. The Bertz CT molecular complexity index is 1290. The van der Waals surface area contributed by atoms with Crippen molar-refractivity contribution in [3.8, 4) is 0 Å². The number of aryl methyl sites for hydroxylation is 1. The third kappa shape index (κ3) is 3.51. The lowest BCUT2D eigenvalue weighted by atomic mass is 9.47. The van der Waals surface area contributed by atoms with Crippen molar-refractivity contribution < 1.29 is 4.79 Å². The Balaban J connectivity index is 1.07. The highest BCUT2D eigenvalue weighted by atomic mass is 32.1. The van der Waals surface area contributed by atoms with Crippen molar-refractivity contribution in [2.75, 3.05) is 20.6 Å². The molecular formula is C34H46N2OS. The molecule has 0 radical (unpaired) electrons. The number of amides is 1. The molecule has 5 aliphatic rings. The molecule has 3 nitrogen and oxygen atoms in total. The van der Waals surface area contributed by atoms with E-state index in [1.165, 1.54) is 65.6 Å². The predicted molar refractivity (Wildman–Crippen MR) is 158 cm³/mol. The minimum atomic E-state index is 0.290. The zero-order valence-corrected chi connectivity index (χ0v) is 24.9. The summed E-state index contributed by atoms with van der Waals surface area (Å²) in [5, 5.41) is 1.31. The summed E-state index contributed by atoms with van der Waals surface area (Å²) in [4.78, 5) is 19.5. The molecular weight excluding hydrogens is 484 g/mol. The molecule has 3 saturated carbocycles. The number of hydrogen-bond acceptors (Lipinski definition) is 3. The molecule has 8 atom stereocenters. The molecule has 1 aromatic heterocycles. The van der Waals surface area contributed by atoms with E-state index in [4.69, 9.17) is 0 Å². The standard InChI is InChI=1S/C34H46N2OS/c1-21-25-8-6-7-9-30(25)38-31(21)19-32(37)36(5)24-14-16-33(3)23(18-24)10-11-26-28(33)15-17-34-20-35(4)22(2)27(34)12-13-29(26)34/h6-10,22,24,26-29H,11-20H2,1-5H3/t22-,24-,26+,27+,28?,29-,33-,34-/m0/s1. The number of carbonyl (C=O) groups is 1. The predicted octanol–water partition coefficient (Wildman–Crippen LogP) is 7.47. The van der Waals surface area contributed by atoms with E-state index in [0.717, 1.165) is 42.6 Å². The molecule has 4 fully saturated rings. The fourth-order valence-corrected chi connectivity index (χ4v) is 11.8. The fraction of sp³-hybridized carbons (Fsp3) is 0.676. The average Bonchev–Trinajstić information content (AvgIpc) is 3.52. The summed E-state index contributed by atoms with van der Waals surface area (Å²) in [6.07, 6.45) is 13.8. The SMILES string of the molecule is Cc1c(CC(=O)N(C)[C@H]2CC[C@@]3(C)C(=CC[C@@H]4C3CC[C@]35CN(C)[C@@H](C)[C@H]3CC[C@@H]45)C2)sc2ccccc12. The van der Waals surface area contributed by atoms with Crippen molar-refractivity contribution in [1.82, 2.24) is 9.80 Å². The summed E-state index contributed by atoms with van der Waals surface area (Å²) in [6.45, 7) is 8.63. The van der Waals surface area contributed by atoms with Gasteiger partial charge in [-0.2, -0.15) is 0 Å². The van der Waals surface area contributed by atoms with E-state index in [1.807, 2.05) is 0 Å². The number of benzene rings is 1. The number of fused-ring (bicyclic) bond motifs is 5. The maximum atomic E-state index is 13.5. The largest absolute Gasteiger partial charge is 0.342 e. The van der Waals surface area contributed by atoms with Crippen LogP contribution in [0, 0.1) is 41.4 Å². The van der Waals surface area contributed by atoms with Crippen molar-refractivity contribution in [3.63, 3.8) is 0 Å². The van der Waals surface area contributed by atoms with Gasteiger partial charge in [0.1, 0.15) is 0 Å². The van der Waals surface area contributed by atoms with Gasteiger partial charge in [-0.15, -0.1) is 11.3 Å². The van der Waals surface area contributed by atoms with Gasteiger partial charge in [0.15, 0.2) is 0 Å². The van der Waals surface area contributed by atoms with E-state index in [-0.39, 0.29) is 0 Å². The van der Waals surface area contributed by atoms with Crippen molar-refractivity contribution in [2.24, 2.45) is 34.5 Å². The zero-order valence-electron chi connectivity index (χ0n) is 24.1. The summed E-state index contributed by atoms with van der Waals surface area (Å²) in [7, 11) is 4.45. The van der Waals surface area contributed by atoms with Crippen molar-refractivity contribution in [1.29, 1.82) is 0 Å². The molecule has 1 aliphatic heterocycles. The molecule has 204 valence electrons. The molecule has 1 saturated heterocycles. The first-order valence-corrected chi connectivity index (χ1v) is 16.2. The number of thiophene rings is 1. The summed E-state index contributed by atoms with van der Waals surface area (Å²) in [5.41, 5.74) is 3.93. The first kappa shape index (κ1) is 25.3. The average molecular weight is 531 g/mol. The van der Waals surface area contributed by atoms with Gasteiger partial charge in [-0.25, -0.2) is 0 Å². The normalized spacial score (nSPS) is 40.3. The van der Waals surface area contributed by atoms with Crippen LogP contribution in [-0.2, 0) is 11.2 Å². The smallest absolute Gasteiger partial charge is 0.227 e. The van der Waals surface area contributed by atoms with E-state index in [9.17, 15) is 4.79 Å². The molecule has 1 unspecified atom stereocenters. The van der Waals surface area contributed by atoms with Gasteiger partial charge in [-0.05, 0) is 124 Å². The minimum Gasteiger partial charge on any atom is -0.342 e. The number of likely N-dealkylation sites (tertiary alicyclic amines) is 1. The first-order chi connectivity index (χ1) is 18.2. The summed E-state index contributed by atoms with van der Waals surface area (Å²) >= 11 is 1.80. The maximum absolute atomic E-state index is 13.5. The lowest BCUT2D eigenvalue weighted by Gasteiger charge is -2.58. The van der Waals surface area contributed by atoms with Gasteiger partial charge in [0.2, 0.25) is 5.91 Å². The lowest BCUT2D eigenvalue weighted by Crippen LogP contribution is -2.53. The molecule has 2 aromatic rings. The lowest BCUT2D eigenvalue weighted by molar-refractivity contribution is -0.132. The zero-order chi connectivity index (χ0) is 26.4. The molecule has 1 aromatic carbocycles. The van der Waals surface area contributed by atoms with Gasteiger partial charge in [-0.1, -0.05) is 36.8 Å². The Morgan fingerprint density at radius 2 is 1.89 bits per heavy atom. The number of carbonyl (C=O) groups excluding carboxylic acids is 1. The van der Waals surface area contributed by atoms with E-state index in [1.54, 1.807) is 16.9 Å². The number of nitrogens with zero attached hydrogens (tertiary/aromatic N) is 2. The van der Waals surface area contributed by atoms with Crippen LogP contribution in [0.25, 0.3) is 10.1 Å². The van der Waals surface area contributed by atoms with Crippen LogP contribution in [-0.4, -0.2) is 48.4 Å². The van der Waals surface area contributed by atoms with Crippen LogP contribution in [0.3, 0.4) is 0 Å². The van der Waals surface area contributed by atoms with Crippen molar-refractivity contribution >= 4 is 27.3 Å². The van der Waals surface area contributed by atoms with E-state index in [0.29, 0.717) is 29.2 Å². The molecule has 0 bridgehead atoms. The molecule has 1 amide bonds. The minimum absolute atomic E-state index is 0.290. The van der Waals surface area contributed by atoms with Crippen LogP contribution in [0.4, 0.5) is 0 Å². The highest BCUT2D eigenvalue weighted by molar-refractivity contribution is 7.19. The van der Waals surface area contributed by atoms with Gasteiger partial charge >= 0.3 is 0 Å². The van der Waals surface area contributed by atoms with Crippen LogP contribution in [0.5, 0.6) is 0 Å². The monoisotopic (exact) mass is 530 g/mol. The van der Waals surface area contributed by atoms with Gasteiger partial charge in [0.05, 0.1) is 6.42 Å². The second-order valence-corrected chi connectivity index (χ2v) is 15.2.